The summed E-state index contributed by atoms with van der Waals surface area (Å²) >= 11 is 0. The molecular formula is C25H30ClFN8O. The van der Waals surface area contributed by atoms with Crippen LogP contribution in [0.1, 0.15) is 50.2 Å². The van der Waals surface area contributed by atoms with Crippen LogP contribution < -0.4 is 15.5 Å². The fourth-order valence-electron chi connectivity index (χ4n) is 5.96. The van der Waals surface area contributed by atoms with Gasteiger partial charge in [0.25, 0.3) is 0 Å². The number of benzene rings is 1. The number of halogens is 2. The van der Waals surface area contributed by atoms with Gasteiger partial charge in [0.1, 0.15) is 17.7 Å². The summed E-state index contributed by atoms with van der Waals surface area (Å²) < 4.78 is 20.9. The third-order valence-corrected chi connectivity index (χ3v) is 8.27. The molecule has 1 unspecified atom stereocenters. The maximum Gasteiger partial charge on any atom is 0.183 e. The van der Waals surface area contributed by atoms with Crippen molar-refractivity contribution < 1.29 is 9.13 Å². The Bertz CT molecular complexity index is 1330. The number of nitriles is 1. The molecule has 0 aliphatic carbocycles. The maximum atomic E-state index is 15.0. The molecule has 2 saturated heterocycles. The number of nitrogens with zero attached hydrogens (tertiary/aromatic N) is 6. The molecule has 190 valence electrons. The van der Waals surface area contributed by atoms with Crippen LogP contribution in [-0.4, -0.2) is 58.6 Å². The van der Waals surface area contributed by atoms with Crippen molar-refractivity contribution in [3.8, 4) is 6.07 Å². The van der Waals surface area contributed by atoms with E-state index >= 15 is 4.39 Å². The summed E-state index contributed by atoms with van der Waals surface area (Å²) in [5.41, 5.74) is 9.10. The van der Waals surface area contributed by atoms with E-state index in [-0.39, 0.29) is 41.4 Å². The van der Waals surface area contributed by atoms with Gasteiger partial charge in [-0.15, -0.1) is 12.4 Å². The number of anilines is 3. The number of hydrogen-bond acceptors (Lipinski definition) is 8. The summed E-state index contributed by atoms with van der Waals surface area (Å²) in [6.45, 7) is 7.15. The molecule has 0 saturated carbocycles. The van der Waals surface area contributed by atoms with Gasteiger partial charge in [0.15, 0.2) is 17.0 Å². The molecule has 1 spiro atoms. The average molecular weight is 513 g/mol. The minimum absolute atomic E-state index is 0. The summed E-state index contributed by atoms with van der Waals surface area (Å²) in [6, 6.07) is 5.35. The lowest BCUT2D eigenvalue weighted by Crippen LogP contribution is -2.50. The Morgan fingerprint density at radius 2 is 2.03 bits per heavy atom. The lowest BCUT2D eigenvalue weighted by molar-refractivity contribution is 0.0974. The van der Waals surface area contributed by atoms with Crippen LogP contribution in [0.4, 0.5) is 21.7 Å². The highest BCUT2D eigenvalue weighted by Crippen LogP contribution is 2.43. The van der Waals surface area contributed by atoms with Crippen LogP contribution in [0, 0.1) is 22.6 Å². The first-order valence-corrected chi connectivity index (χ1v) is 12.2. The van der Waals surface area contributed by atoms with Crippen molar-refractivity contribution in [1.29, 1.82) is 5.26 Å². The summed E-state index contributed by atoms with van der Waals surface area (Å²) in [6.07, 6.45) is 4.57. The Morgan fingerprint density at radius 1 is 1.25 bits per heavy atom. The number of hydrogen-bond donors (Lipinski definition) is 2. The smallest absolute Gasteiger partial charge is 0.183 e. The second-order valence-electron chi connectivity index (χ2n) is 10.2. The van der Waals surface area contributed by atoms with Crippen LogP contribution in [-0.2, 0) is 4.74 Å². The van der Waals surface area contributed by atoms with E-state index in [1.807, 2.05) is 17.9 Å². The summed E-state index contributed by atoms with van der Waals surface area (Å²) in [4.78, 5) is 13.8. The monoisotopic (exact) mass is 512 g/mol. The number of rotatable bonds is 2. The van der Waals surface area contributed by atoms with E-state index in [9.17, 15) is 5.26 Å². The van der Waals surface area contributed by atoms with Gasteiger partial charge in [-0.3, -0.25) is 5.10 Å². The fraction of sp³-hybridized carbons (Fsp3) is 0.520. The van der Waals surface area contributed by atoms with Gasteiger partial charge in [-0.25, -0.2) is 14.4 Å². The molecule has 3 atom stereocenters. The average Bonchev–Trinajstić information content (AvgIpc) is 3.41. The van der Waals surface area contributed by atoms with Crippen molar-refractivity contribution in [3.05, 3.63) is 35.3 Å². The highest BCUT2D eigenvalue weighted by molar-refractivity contribution is 5.88. The van der Waals surface area contributed by atoms with Crippen molar-refractivity contribution in [2.75, 3.05) is 36.0 Å². The molecule has 3 N–H and O–H groups in total. The number of nitrogens with two attached hydrogens (primary N) is 1. The Labute approximate surface area is 215 Å². The van der Waals surface area contributed by atoms with Crippen LogP contribution in [0.5, 0.6) is 0 Å². The maximum absolute atomic E-state index is 15.0. The second kappa shape index (κ2) is 9.14. The molecule has 3 aromatic rings. The summed E-state index contributed by atoms with van der Waals surface area (Å²) in [5, 5.41) is 16.8. The Morgan fingerprint density at radius 3 is 2.72 bits per heavy atom. The van der Waals surface area contributed by atoms with E-state index in [1.54, 1.807) is 12.3 Å². The van der Waals surface area contributed by atoms with Crippen LogP contribution in [0.25, 0.3) is 11.2 Å². The van der Waals surface area contributed by atoms with Crippen LogP contribution >= 0.6 is 12.4 Å². The first-order chi connectivity index (χ1) is 16.9. The molecule has 9 nitrogen and oxygen atoms in total. The Hall–Kier alpha value is -3.00. The minimum Gasteiger partial charge on any atom is -0.376 e. The normalized spacial score (nSPS) is 25.0. The van der Waals surface area contributed by atoms with Gasteiger partial charge in [0, 0.05) is 42.3 Å². The van der Waals surface area contributed by atoms with Crippen LogP contribution in [0.2, 0.25) is 0 Å². The Balaban J connectivity index is 0.00000267. The molecule has 3 aliphatic heterocycles. The SMILES string of the molecule is CC1CCN(c2n[nH]c3nc(N4CCC5(CC4)CO[C@@H](C)[C@H]5N)cnc23)c2ccc(C#N)c(F)c21.Cl. The van der Waals surface area contributed by atoms with E-state index < -0.39 is 5.82 Å². The third-order valence-electron chi connectivity index (χ3n) is 8.27. The van der Waals surface area contributed by atoms with Gasteiger partial charge in [-0.05, 0) is 44.2 Å². The van der Waals surface area contributed by atoms with E-state index in [0.717, 1.165) is 50.5 Å². The number of aromatic nitrogens is 4. The van der Waals surface area contributed by atoms with E-state index in [2.05, 4.69) is 22.0 Å². The lowest BCUT2D eigenvalue weighted by Gasteiger charge is -2.41. The fourth-order valence-corrected chi connectivity index (χ4v) is 5.96. The van der Waals surface area contributed by atoms with Crippen molar-refractivity contribution in [3.63, 3.8) is 0 Å². The number of piperidine rings is 1. The van der Waals surface area contributed by atoms with Gasteiger partial charge < -0.3 is 20.3 Å². The quantitative estimate of drug-likeness (QED) is 0.532. The molecule has 6 rings (SSSR count). The lowest BCUT2D eigenvalue weighted by atomic mass is 9.73. The molecule has 11 heteroatoms. The highest BCUT2D eigenvalue weighted by atomic mass is 35.5. The van der Waals surface area contributed by atoms with E-state index in [4.69, 9.17) is 20.4 Å². The molecule has 5 heterocycles. The van der Waals surface area contributed by atoms with Gasteiger partial charge in [0.05, 0.1) is 24.5 Å². The number of H-pyrrole nitrogens is 1. The third kappa shape index (κ3) is 3.69. The van der Waals surface area contributed by atoms with E-state index in [1.165, 1.54) is 6.07 Å². The molecule has 0 bridgehead atoms. The molecule has 1 aromatic carbocycles. The Kier molecular flexibility index (Phi) is 6.27. The topological polar surface area (TPSA) is 120 Å². The molecular weight excluding hydrogens is 483 g/mol. The number of ether oxygens (including phenoxy) is 1. The standard InChI is InChI=1S/C25H29FN8O.ClH/c1-14-5-8-34(17-4-3-16(11-27)20(26)19(14)17)24-21-23(31-32-24)30-18(12-29-21)33-9-6-25(7-10-33)13-35-15(2)22(25)28;/h3-4,12,14-15,22H,5-10,13,28H2,1-2H3,(H,30,31,32);1H/t14?,15-,22+;/m0./s1. The summed E-state index contributed by atoms with van der Waals surface area (Å²) in [7, 11) is 0. The van der Waals surface area contributed by atoms with Gasteiger partial charge in [-0.2, -0.15) is 10.4 Å². The predicted octanol–water partition coefficient (Wildman–Crippen LogP) is 3.76. The molecule has 0 radical (unpaired) electrons. The number of aromatic amines is 1. The highest BCUT2D eigenvalue weighted by Gasteiger charge is 2.47. The number of nitrogens with one attached hydrogen (secondary N) is 1. The minimum atomic E-state index is -0.444. The number of fused-ring (bicyclic) bond motifs is 2. The molecule has 36 heavy (non-hydrogen) atoms. The van der Waals surface area contributed by atoms with Gasteiger partial charge in [0.2, 0.25) is 0 Å². The molecule has 3 aliphatic rings. The first kappa shape index (κ1) is 24.7. The zero-order chi connectivity index (χ0) is 24.3. The van der Waals surface area contributed by atoms with Crippen molar-refractivity contribution in [2.24, 2.45) is 11.1 Å². The van der Waals surface area contributed by atoms with Gasteiger partial charge in [-0.1, -0.05) is 6.92 Å². The molecule has 0 amide bonds. The van der Waals surface area contributed by atoms with Gasteiger partial charge >= 0.3 is 0 Å². The van der Waals surface area contributed by atoms with Crippen LogP contribution in [0.3, 0.4) is 0 Å². The molecule has 2 aromatic heterocycles. The second-order valence-corrected chi connectivity index (χ2v) is 10.2. The first-order valence-electron chi connectivity index (χ1n) is 12.2. The zero-order valence-corrected chi connectivity index (χ0v) is 21.2. The van der Waals surface area contributed by atoms with Crippen molar-refractivity contribution in [2.45, 2.75) is 51.2 Å². The van der Waals surface area contributed by atoms with Crippen molar-refractivity contribution >= 4 is 40.9 Å². The largest absolute Gasteiger partial charge is 0.376 e. The zero-order valence-electron chi connectivity index (χ0n) is 20.4. The van der Waals surface area contributed by atoms with Crippen molar-refractivity contribution in [1.82, 2.24) is 20.2 Å². The van der Waals surface area contributed by atoms with Crippen LogP contribution in [0.15, 0.2) is 18.3 Å². The van der Waals surface area contributed by atoms with E-state index in [0.29, 0.717) is 29.1 Å². The predicted molar refractivity (Wildman–Crippen MR) is 137 cm³/mol. The summed E-state index contributed by atoms with van der Waals surface area (Å²) in [5.74, 6) is 0.999. The molecule has 2 fully saturated rings.